The van der Waals surface area contributed by atoms with Gasteiger partial charge < -0.3 is 15.5 Å². The van der Waals surface area contributed by atoms with Gasteiger partial charge in [0.15, 0.2) is 0 Å². The van der Waals surface area contributed by atoms with Gasteiger partial charge in [-0.1, -0.05) is 56.7 Å². The second-order valence-corrected chi connectivity index (χ2v) is 13.8. The van der Waals surface area contributed by atoms with E-state index in [1.54, 1.807) is 12.1 Å². The van der Waals surface area contributed by atoms with Crippen LogP contribution in [-0.4, -0.2) is 55.7 Å². The second kappa shape index (κ2) is 11.3. The Kier molecular flexibility index (Phi) is 8.42. The standard InChI is InChI=1S/C30H40N4O5S/c1-7-18(2)25-27(35)32-24(22-16-20-10-8-9-11-21(20)17-22)29(37)34(25)26(28(36)33-30(3,4)5)19-12-14-23(15-13-19)40(38,39)31-6/h8-15,18,22,24-26,31H,7,16-17H2,1-6H3,(H,32,35)(H,33,36)/t18-,24?,25-,26-/m1/s1. The van der Waals surface area contributed by atoms with Crippen molar-refractivity contribution in [3.8, 4) is 0 Å². The highest BCUT2D eigenvalue weighted by atomic mass is 32.2. The molecule has 0 aromatic heterocycles. The molecule has 10 heteroatoms. The first kappa shape index (κ1) is 29.7. The number of amides is 3. The third-order valence-electron chi connectivity index (χ3n) is 7.92. The lowest BCUT2D eigenvalue weighted by Crippen LogP contribution is -2.68. The van der Waals surface area contributed by atoms with Gasteiger partial charge in [-0.3, -0.25) is 14.4 Å². The summed E-state index contributed by atoms with van der Waals surface area (Å²) in [5.74, 6) is -1.37. The van der Waals surface area contributed by atoms with E-state index in [9.17, 15) is 22.8 Å². The number of hydrogen-bond acceptors (Lipinski definition) is 5. The number of carbonyl (C=O) groups excluding carboxylic acids is 3. The van der Waals surface area contributed by atoms with Crippen LogP contribution in [0.15, 0.2) is 53.4 Å². The van der Waals surface area contributed by atoms with Gasteiger partial charge in [-0.25, -0.2) is 13.1 Å². The van der Waals surface area contributed by atoms with Crippen molar-refractivity contribution in [1.29, 1.82) is 0 Å². The van der Waals surface area contributed by atoms with E-state index in [1.165, 1.54) is 24.1 Å². The molecule has 0 spiro atoms. The van der Waals surface area contributed by atoms with Crippen LogP contribution in [-0.2, 0) is 37.2 Å². The maximum Gasteiger partial charge on any atom is 0.247 e. The summed E-state index contributed by atoms with van der Waals surface area (Å²) in [6.45, 7) is 9.39. The first-order valence-corrected chi connectivity index (χ1v) is 15.3. The molecule has 9 nitrogen and oxygen atoms in total. The predicted octanol–water partition coefficient (Wildman–Crippen LogP) is 2.71. The number of sulfonamides is 1. The van der Waals surface area contributed by atoms with Crippen LogP contribution in [0.4, 0.5) is 0 Å². The minimum Gasteiger partial charge on any atom is -0.349 e. The molecular weight excluding hydrogens is 528 g/mol. The molecule has 1 heterocycles. The molecule has 2 aromatic rings. The molecule has 0 saturated carbocycles. The fraction of sp³-hybridized carbons (Fsp3) is 0.500. The summed E-state index contributed by atoms with van der Waals surface area (Å²) in [5, 5.41) is 6.01. The van der Waals surface area contributed by atoms with Crippen LogP contribution in [0.5, 0.6) is 0 Å². The van der Waals surface area contributed by atoms with Crippen molar-refractivity contribution in [3.05, 3.63) is 65.2 Å². The lowest BCUT2D eigenvalue weighted by atomic mass is 9.85. The molecule has 2 aliphatic rings. The quantitative estimate of drug-likeness (QED) is 0.452. The summed E-state index contributed by atoms with van der Waals surface area (Å²) >= 11 is 0. The predicted molar refractivity (Wildman–Crippen MR) is 153 cm³/mol. The molecule has 1 fully saturated rings. The van der Waals surface area contributed by atoms with Gasteiger partial charge in [0.2, 0.25) is 27.7 Å². The van der Waals surface area contributed by atoms with Crippen LogP contribution in [0.2, 0.25) is 0 Å². The van der Waals surface area contributed by atoms with E-state index < -0.39 is 39.6 Å². The monoisotopic (exact) mass is 568 g/mol. The van der Waals surface area contributed by atoms with Crippen molar-refractivity contribution in [2.45, 2.75) is 82.4 Å². The number of hydrogen-bond donors (Lipinski definition) is 3. The van der Waals surface area contributed by atoms with Gasteiger partial charge in [0.05, 0.1) is 4.90 Å². The molecule has 2 aromatic carbocycles. The van der Waals surface area contributed by atoms with E-state index in [2.05, 4.69) is 15.4 Å². The van der Waals surface area contributed by atoms with E-state index in [1.807, 2.05) is 58.9 Å². The highest BCUT2D eigenvalue weighted by Crippen LogP contribution is 2.36. The van der Waals surface area contributed by atoms with Crippen LogP contribution in [0.3, 0.4) is 0 Å². The van der Waals surface area contributed by atoms with Crippen LogP contribution in [0, 0.1) is 11.8 Å². The van der Waals surface area contributed by atoms with Crippen molar-refractivity contribution in [3.63, 3.8) is 0 Å². The molecule has 40 heavy (non-hydrogen) atoms. The zero-order valence-electron chi connectivity index (χ0n) is 24.0. The summed E-state index contributed by atoms with van der Waals surface area (Å²) in [6, 6.07) is 11.2. The van der Waals surface area contributed by atoms with Gasteiger partial charge in [0.1, 0.15) is 18.1 Å². The van der Waals surface area contributed by atoms with Gasteiger partial charge in [-0.15, -0.1) is 0 Å². The van der Waals surface area contributed by atoms with Gasteiger partial charge in [0, 0.05) is 5.54 Å². The normalized spacial score (nSPS) is 21.5. The number of nitrogens with zero attached hydrogens (tertiary/aromatic N) is 1. The molecule has 1 aliphatic heterocycles. The molecule has 1 saturated heterocycles. The van der Waals surface area contributed by atoms with E-state index in [4.69, 9.17) is 0 Å². The molecule has 3 amide bonds. The third-order valence-corrected chi connectivity index (χ3v) is 9.35. The smallest absolute Gasteiger partial charge is 0.247 e. The maximum absolute atomic E-state index is 14.4. The molecule has 4 rings (SSSR count). The summed E-state index contributed by atoms with van der Waals surface area (Å²) in [4.78, 5) is 43.6. The Morgan fingerprint density at radius 1 is 1.05 bits per heavy atom. The fourth-order valence-electron chi connectivity index (χ4n) is 5.74. The lowest BCUT2D eigenvalue weighted by Gasteiger charge is -2.46. The number of fused-ring (bicyclic) bond motifs is 1. The van der Waals surface area contributed by atoms with E-state index >= 15 is 0 Å². The zero-order chi connectivity index (χ0) is 29.4. The van der Waals surface area contributed by atoms with E-state index in [-0.39, 0.29) is 28.5 Å². The SMILES string of the molecule is CC[C@@H](C)[C@@H]1C(=O)NC(C2Cc3ccccc3C2)C(=O)N1[C@@H](C(=O)NC(C)(C)C)c1ccc(S(=O)(=O)NC)cc1. The van der Waals surface area contributed by atoms with Gasteiger partial charge in [0.25, 0.3) is 0 Å². The highest BCUT2D eigenvalue weighted by Gasteiger charge is 2.50. The highest BCUT2D eigenvalue weighted by molar-refractivity contribution is 7.89. The first-order valence-electron chi connectivity index (χ1n) is 13.8. The van der Waals surface area contributed by atoms with Crippen LogP contribution in [0.25, 0.3) is 0 Å². The van der Waals surface area contributed by atoms with Crippen molar-refractivity contribution in [2.24, 2.45) is 11.8 Å². The molecule has 216 valence electrons. The number of rotatable bonds is 8. The first-order chi connectivity index (χ1) is 18.8. The van der Waals surface area contributed by atoms with Gasteiger partial charge in [-0.2, -0.15) is 0 Å². The Bertz CT molecular complexity index is 1360. The third kappa shape index (κ3) is 5.93. The Balaban J connectivity index is 1.80. The van der Waals surface area contributed by atoms with Gasteiger partial charge in [-0.05, 0) is 81.3 Å². The minimum atomic E-state index is -3.70. The zero-order valence-corrected chi connectivity index (χ0v) is 24.8. The minimum absolute atomic E-state index is 0.0384. The van der Waals surface area contributed by atoms with Crippen molar-refractivity contribution >= 4 is 27.7 Å². The average Bonchev–Trinajstić information content (AvgIpc) is 3.33. The molecule has 0 bridgehead atoms. The number of carbonyl (C=O) groups is 3. The number of nitrogens with one attached hydrogen (secondary N) is 3. The summed E-state index contributed by atoms with van der Waals surface area (Å²) in [5.41, 5.74) is 2.15. The lowest BCUT2D eigenvalue weighted by molar-refractivity contribution is -0.159. The van der Waals surface area contributed by atoms with Crippen LogP contribution >= 0.6 is 0 Å². The van der Waals surface area contributed by atoms with Gasteiger partial charge >= 0.3 is 0 Å². The second-order valence-electron chi connectivity index (χ2n) is 11.9. The maximum atomic E-state index is 14.4. The average molecular weight is 569 g/mol. The fourth-order valence-corrected chi connectivity index (χ4v) is 6.47. The molecular formula is C30H40N4O5S. The Morgan fingerprint density at radius 3 is 2.12 bits per heavy atom. The van der Waals surface area contributed by atoms with E-state index in [0.717, 1.165) is 11.1 Å². The van der Waals surface area contributed by atoms with Crippen molar-refractivity contribution in [1.82, 2.24) is 20.3 Å². The Hall–Kier alpha value is -3.24. The largest absolute Gasteiger partial charge is 0.349 e. The van der Waals surface area contributed by atoms with Crippen LogP contribution in [0.1, 0.15) is 63.8 Å². The number of piperazine rings is 1. The molecule has 1 aliphatic carbocycles. The molecule has 3 N–H and O–H groups in total. The Morgan fingerprint density at radius 2 is 1.62 bits per heavy atom. The Labute approximate surface area is 237 Å². The summed E-state index contributed by atoms with van der Waals surface area (Å²) in [6.07, 6.45) is 1.93. The van der Waals surface area contributed by atoms with E-state index in [0.29, 0.717) is 24.8 Å². The summed E-state index contributed by atoms with van der Waals surface area (Å²) in [7, 11) is -2.38. The van der Waals surface area contributed by atoms with Crippen molar-refractivity contribution < 1.29 is 22.8 Å². The summed E-state index contributed by atoms with van der Waals surface area (Å²) < 4.78 is 27.0. The van der Waals surface area contributed by atoms with Crippen LogP contribution < -0.4 is 15.4 Å². The molecule has 1 unspecified atom stereocenters. The number of benzene rings is 2. The molecule has 4 atom stereocenters. The molecule has 0 radical (unpaired) electrons. The topological polar surface area (TPSA) is 125 Å². The van der Waals surface area contributed by atoms with Crippen molar-refractivity contribution in [2.75, 3.05) is 7.05 Å².